The Hall–Kier alpha value is -2.64. The minimum Gasteiger partial charge on any atom is -0.480 e. The van der Waals surface area contributed by atoms with E-state index in [1.165, 1.54) is 43.4 Å². The number of benzene rings is 2. The van der Waals surface area contributed by atoms with E-state index in [4.69, 9.17) is 16.7 Å². The van der Waals surface area contributed by atoms with E-state index in [-0.39, 0.29) is 17.7 Å². The van der Waals surface area contributed by atoms with E-state index in [9.17, 15) is 14.0 Å². The molecule has 1 aliphatic carbocycles. The van der Waals surface area contributed by atoms with Gasteiger partial charge in [-0.1, -0.05) is 49.1 Å². The number of aliphatic carboxylic acids is 1. The maximum Gasteiger partial charge on any atom is 0.329 e. The summed E-state index contributed by atoms with van der Waals surface area (Å²) in [6.45, 7) is 0.443. The number of halogens is 2. The zero-order valence-corrected chi connectivity index (χ0v) is 18.3. The molecular weight excluding hydrogens is 423 g/mol. The molecule has 8 heteroatoms. The number of nitrogens with one attached hydrogen (secondary N) is 1. The van der Waals surface area contributed by atoms with Crippen LogP contribution in [0.1, 0.15) is 32.1 Å². The Kier molecular flexibility index (Phi) is 10.3. The van der Waals surface area contributed by atoms with Gasteiger partial charge in [0.1, 0.15) is 12.4 Å². The molecule has 0 saturated heterocycles. The fourth-order valence-electron chi connectivity index (χ4n) is 3.41. The first-order chi connectivity index (χ1) is 14.9. The van der Waals surface area contributed by atoms with Gasteiger partial charge in [0.05, 0.1) is 16.4 Å². The molecule has 0 atom stereocenters. The molecule has 0 radical (unpaired) electrons. The van der Waals surface area contributed by atoms with E-state index in [1.54, 1.807) is 6.07 Å². The van der Waals surface area contributed by atoms with Crippen molar-refractivity contribution < 1.29 is 23.8 Å². The number of carboxylic acid groups (broad SMARTS) is 1. The van der Waals surface area contributed by atoms with Crippen LogP contribution in [-0.2, 0) is 9.53 Å². The molecule has 1 saturated carbocycles. The Labute approximate surface area is 187 Å². The predicted molar refractivity (Wildman–Crippen MR) is 119 cm³/mol. The SMILES string of the molecule is COCC(=O)O.O=C(NCC1CCCCC1)N(c1ccccc1)c1ccc(Cl)c(F)c1. The van der Waals surface area contributed by atoms with Crippen molar-refractivity contribution in [2.75, 3.05) is 25.2 Å². The van der Waals surface area contributed by atoms with Crippen molar-refractivity contribution in [3.63, 3.8) is 0 Å². The van der Waals surface area contributed by atoms with Crippen LogP contribution in [0.2, 0.25) is 5.02 Å². The van der Waals surface area contributed by atoms with Gasteiger partial charge in [-0.05, 0) is 49.1 Å². The third-order valence-electron chi connectivity index (χ3n) is 4.91. The zero-order chi connectivity index (χ0) is 22.6. The molecule has 0 bridgehead atoms. The summed E-state index contributed by atoms with van der Waals surface area (Å²) >= 11 is 5.78. The van der Waals surface area contributed by atoms with Gasteiger partial charge in [0.2, 0.25) is 0 Å². The molecule has 0 aromatic heterocycles. The topological polar surface area (TPSA) is 78.9 Å². The molecule has 1 aliphatic rings. The number of hydrogen-bond acceptors (Lipinski definition) is 3. The molecule has 2 N–H and O–H groups in total. The Morgan fingerprint density at radius 1 is 1.13 bits per heavy atom. The number of ether oxygens (including phenoxy) is 1. The van der Waals surface area contributed by atoms with Gasteiger partial charge >= 0.3 is 12.0 Å². The van der Waals surface area contributed by atoms with Crippen LogP contribution >= 0.6 is 11.6 Å². The molecule has 0 unspecified atom stereocenters. The molecule has 6 nitrogen and oxygen atoms in total. The average Bonchev–Trinajstić information content (AvgIpc) is 2.77. The van der Waals surface area contributed by atoms with Crippen LogP contribution < -0.4 is 10.2 Å². The fourth-order valence-corrected chi connectivity index (χ4v) is 3.53. The highest BCUT2D eigenvalue weighted by Gasteiger charge is 2.21. The molecule has 0 heterocycles. The Bertz CT molecular complexity index is 845. The van der Waals surface area contributed by atoms with Crippen molar-refractivity contribution in [2.45, 2.75) is 32.1 Å². The van der Waals surface area contributed by atoms with Crippen LogP contribution in [-0.4, -0.2) is 37.4 Å². The molecule has 0 spiro atoms. The standard InChI is InChI=1S/C20H22ClFN2O.C3H6O3/c21-18-12-11-17(13-19(18)22)24(16-9-5-2-6-10-16)20(25)23-14-15-7-3-1-4-8-15;1-6-2-3(4)5/h2,5-6,9-13,15H,1,3-4,7-8,14H2,(H,23,25);2H2,1H3,(H,4,5). The second-order valence-electron chi connectivity index (χ2n) is 7.29. The largest absolute Gasteiger partial charge is 0.480 e. The molecule has 1 fully saturated rings. The van der Waals surface area contributed by atoms with Crippen molar-refractivity contribution in [2.24, 2.45) is 5.92 Å². The minimum absolute atomic E-state index is 0.0411. The summed E-state index contributed by atoms with van der Waals surface area (Å²) < 4.78 is 18.1. The van der Waals surface area contributed by atoms with Gasteiger partial charge in [0.25, 0.3) is 0 Å². The van der Waals surface area contributed by atoms with E-state index in [1.807, 2.05) is 30.3 Å². The first-order valence-electron chi connectivity index (χ1n) is 10.2. The Morgan fingerprint density at radius 2 is 1.81 bits per heavy atom. The summed E-state index contributed by atoms with van der Waals surface area (Å²) in [5, 5.41) is 10.8. The maximum atomic E-state index is 13.9. The van der Waals surface area contributed by atoms with Crippen LogP contribution in [0.5, 0.6) is 0 Å². The van der Waals surface area contributed by atoms with Crippen LogP contribution in [0.3, 0.4) is 0 Å². The average molecular weight is 451 g/mol. The predicted octanol–water partition coefficient (Wildman–Crippen LogP) is 5.62. The number of urea groups is 1. The molecule has 2 amide bonds. The van der Waals surface area contributed by atoms with Crippen molar-refractivity contribution in [3.05, 3.63) is 59.4 Å². The van der Waals surface area contributed by atoms with Gasteiger partial charge in [-0.2, -0.15) is 0 Å². The lowest BCUT2D eigenvalue weighted by Crippen LogP contribution is -2.39. The van der Waals surface area contributed by atoms with Crippen LogP contribution in [0.25, 0.3) is 0 Å². The Morgan fingerprint density at radius 3 is 2.35 bits per heavy atom. The van der Waals surface area contributed by atoms with Crippen molar-refractivity contribution >= 4 is 35.0 Å². The second kappa shape index (κ2) is 12.9. The summed E-state index contributed by atoms with van der Waals surface area (Å²) in [6, 6.07) is 13.4. The number of hydrogen-bond donors (Lipinski definition) is 2. The van der Waals surface area contributed by atoms with Crippen LogP contribution in [0, 0.1) is 11.7 Å². The minimum atomic E-state index is -0.933. The summed E-state index contributed by atoms with van der Waals surface area (Å²) in [5.74, 6) is -0.949. The van der Waals surface area contributed by atoms with E-state index in [0.717, 1.165) is 12.8 Å². The molecule has 2 aromatic carbocycles. The number of para-hydroxylation sites is 1. The summed E-state index contributed by atoms with van der Waals surface area (Å²) in [7, 11) is 1.34. The van der Waals surface area contributed by atoms with Crippen LogP contribution in [0.15, 0.2) is 48.5 Å². The van der Waals surface area contributed by atoms with Crippen LogP contribution in [0.4, 0.5) is 20.6 Å². The highest BCUT2D eigenvalue weighted by Crippen LogP contribution is 2.29. The van der Waals surface area contributed by atoms with E-state index >= 15 is 0 Å². The maximum absolute atomic E-state index is 13.9. The lowest BCUT2D eigenvalue weighted by molar-refractivity contribution is -0.141. The number of anilines is 2. The van der Waals surface area contributed by atoms with E-state index in [2.05, 4.69) is 10.1 Å². The smallest absolute Gasteiger partial charge is 0.329 e. The molecular formula is C23H28ClFN2O4. The van der Waals surface area contributed by atoms with E-state index in [0.29, 0.717) is 23.8 Å². The Balaban J connectivity index is 0.000000501. The van der Waals surface area contributed by atoms with Gasteiger partial charge in [0.15, 0.2) is 0 Å². The third kappa shape index (κ3) is 8.19. The lowest BCUT2D eigenvalue weighted by atomic mass is 9.89. The normalized spacial score (nSPS) is 13.6. The fraction of sp³-hybridized carbons (Fsp3) is 0.391. The molecule has 168 valence electrons. The van der Waals surface area contributed by atoms with Gasteiger partial charge < -0.3 is 15.2 Å². The third-order valence-corrected chi connectivity index (χ3v) is 5.22. The van der Waals surface area contributed by atoms with Gasteiger partial charge in [-0.25, -0.2) is 14.0 Å². The number of carbonyl (C=O) groups is 2. The molecule has 3 rings (SSSR count). The van der Waals surface area contributed by atoms with Gasteiger partial charge in [-0.3, -0.25) is 4.90 Å². The lowest BCUT2D eigenvalue weighted by Gasteiger charge is -2.26. The summed E-state index contributed by atoms with van der Waals surface area (Å²) in [6.07, 6.45) is 6.05. The molecule has 31 heavy (non-hydrogen) atoms. The number of carbonyl (C=O) groups excluding carboxylic acids is 1. The number of nitrogens with zero attached hydrogens (tertiary/aromatic N) is 1. The highest BCUT2D eigenvalue weighted by molar-refractivity contribution is 6.30. The van der Waals surface area contributed by atoms with Crippen molar-refractivity contribution in [1.29, 1.82) is 0 Å². The van der Waals surface area contributed by atoms with Gasteiger partial charge in [-0.15, -0.1) is 0 Å². The first-order valence-corrected chi connectivity index (χ1v) is 10.6. The molecule has 0 aliphatic heterocycles. The summed E-state index contributed by atoms with van der Waals surface area (Å²) in [4.78, 5) is 23.8. The number of rotatable bonds is 6. The first kappa shape index (κ1) is 24.6. The van der Waals surface area contributed by atoms with E-state index < -0.39 is 11.8 Å². The number of carboxylic acids is 1. The quantitative estimate of drug-likeness (QED) is 0.598. The highest BCUT2D eigenvalue weighted by atomic mass is 35.5. The van der Waals surface area contributed by atoms with Crippen molar-refractivity contribution in [1.82, 2.24) is 5.32 Å². The second-order valence-corrected chi connectivity index (χ2v) is 7.69. The zero-order valence-electron chi connectivity index (χ0n) is 17.5. The number of amides is 2. The summed E-state index contributed by atoms with van der Waals surface area (Å²) in [5.41, 5.74) is 1.14. The monoisotopic (exact) mass is 450 g/mol. The number of methoxy groups -OCH3 is 1. The molecule has 2 aromatic rings. The van der Waals surface area contributed by atoms with Crippen molar-refractivity contribution in [3.8, 4) is 0 Å². The van der Waals surface area contributed by atoms with Gasteiger partial charge in [0, 0.05) is 13.7 Å².